The first kappa shape index (κ1) is 12.5. The zero-order valence-corrected chi connectivity index (χ0v) is 8.49. The van der Waals surface area contributed by atoms with Gasteiger partial charge in [0.05, 0.1) is 6.61 Å². The summed E-state index contributed by atoms with van der Waals surface area (Å²) in [6.45, 7) is 4.07. The van der Waals surface area contributed by atoms with Gasteiger partial charge in [0.1, 0.15) is 6.10 Å². The van der Waals surface area contributed by atoms with E-state index in [0.717, 1.165) is 6.08 Å². The van der Waals surface area contributed by atoms with E-state index in [2.05, 4.69) is 15.6 Å². The molecule has 5 nitrogen and oxygen atoms in total. The third-order valence-electron chi connectivity index (χ3n) is 1.33. The van der Waals surface area contributed by atoms with Gasteiger partial charge in [-0.05, 0) is 6.08 Å². The minimum atomic E-state index is -3.12. The Labute approximate surface area is 76.9 Å². The predicted octanol–water partition coefficient (Wildman–Crippen LogP) is 0.588. The normalized spacial score (nSPS) is 17.5. The van der Waals surface area contributed by atoms with Crippen molar-refractivity contribution in [3.05, 3.63) is 12.7 Å². The van der Waals surface area contributed by atoms with E-state index in [0.29, 0.717) is 0 Å². The van der Waals surface area contributed by atoms with Crippen LogP contribution in [-0.2, 0) is 18.4 Å². The summed E-state index contributed by atoms with van der Waals surface area (Å²) in [7, 11) is -1.90. The van der Waals surface area contributed by atoms with Crippen molar-refractivity contribution in [2.75, 3.05) is 20.4 Å². The number of aliphatic hydroxyl groups is 1. The van der Waals surface area contributed by atoms with Crippen LogP contribution in [0.2, 0.25) is 0 Å². The van der Waals surface area contributed by atoms with E-state index in [9.17, 15) is 9.36 Å². The molecule has 13 heavy (non-hydrogen) atoms. The van der Waals surface area contributed by atoms with Gasteiger partial charge in [-0.3, -0.25) is 9.36 Å². The van der Waals surface area contributed by atoms with Gasteiger partial charge in [0.15, 0.2) is 5.78 Å². The molecule has 0 aromatic rings. The maximum Gasteiger partial charge on any atom is 0.327 e. The molecular weight excluding hydrogens is 195 g/mol. The fourth-order valence-corrected chi connectivity index (χ4v) is 0.994. The van der Waals surface area contributed by atoms with E-state index in [-0.39, 0.29) is 6.61 Å². The summed E-state index contributed by atoms with van der Waals surface area (Å²) in [6, 6.07) is 0. The highest BCUT2D eigenvalue weighted by molar-refractivity contribution is 7.52. The molecule has 0 aliphatic carbocycles. The lowest BCUT2D eigenvalue weighted by atomic mass is 10.2. The molecule has 2 unspecified atom stereocenters. The van der Waals surface area contributed by atoms with Crippen LogP contribution in [0.3, 0.4) is 0 Å². The number of aliphatic hydroxyl groups excluding tert-OH is 1. The molecule has 0 heterocycles. The molecule has 1 N–H and O–H groups in total. The van der Waals surface area contributed by atoms with Gasteiger partial charge in [0.25, 0.3) is 0 Å². The summed E-state index contributed by atoms with van der Waals surface area (Å²) >= 11 is 0. The maximum absolute atomic E-state index is 11.1. The minimum absolute atomic E-state index is 0.355. The summed E-state index contributed by atoms with van der Waals surface area (Å²) in [4.78, 5) is 10.7. The Morgan fingerprint density at radius 2 is 2.31 bits per heavy atom. The lowest BCUT2D eigenvalue weighted by molar-refractivity contribution is -0.123. The summed E-state index contributed by atoms with van der Waals surface area (Å²) in [5.74, 6) is -0.573. The second kappa shape index (κ2) is 5.29. The molecule has 0 aliphatic rings. The first-order valence-corrected chi connectivity index (χ1v) is 5.54. The molecule has 0 saturated heterocycles. The highest BCUT2D eigenvalue weighted by atomic mass is 31.2. The Hall–Kier alpha value is -0.480. The van der Waals surface area contributed by atoms with Crippen LogP contribution in [-0.4, -0.2) is 37.4 Å². The van der Waals surface area contributed by atoms with E-state index >= 15 is 0 Å². The largest absolute Gasteiger partial charge is 0.382 e. The van der Waals surface area contributed by atoms with E-state index in [4.69, 9.17) is 5.11 Å². The second-order valence-electron chi connectivity index (χ2n) is 2.37. The molecule has 0 bridgehead atoms. The molecule has 0 spiro atoms. The van der Waals surface area contributed by atoms with Crippen molar-refractivity contribution in [2.45, 2.75) is 6.10 Å². The second-order valence-corrected chi connectivity index (χ2v) is 4.54. The number of rotatable bonds is 6. The van der Waals surface area contributed by atoms with Crippen LogP contribution in [0.5, 0.6) is 0 Å². The standard InChI is InChI=1S/C7H13O5P/c1-4-6(8)7(9)5-12-13(3,10)11-2/h4,7,9H,1,5H2,2-3H3. The van der Waals surface area contributed by atoms with Gasteiger partial charge in [-0.2, -0.15) is 0 Å². The molecule has 76 valence electrons. The zero-order chi connectivity index (χ0) is 10.5. The molecule has 0 fully saturated rings. The SMILES string of the molecule is C=CC(=O)C(O)COP(C)(=O)OC. The van der Waals surface area contributed by atoms with Crippen LogP contribution in [0, 0.1) is 0 Å². The number of carbonyl (C=O) groups excluding carboxylic acids is 1. The quantitative estimate of drug-likeness (QED) is 0.510. The van der Waals surface area contributed by atoms with Gasteiger partial charge in [-0.25, -0.2) is 0 Å². The highest BCUT2D eigenvalue weighted by Crippen LogP contribution is 2.42. The average Bonchev–Trinajstić information content (AvgIpc) is 2.13. The number of hydrogen-bond acceptors (Lipinski definition) is 5. The highest BCUT2D eigenvalue weighted by Gasteiger charge is 2.19. The molecule has 0 aliphatic heterocycles. The molecule has 0 rings (SSSR count). The third-order valence-corrected chi connectivity index (χ3v) is 2.61. The smallest absolute Gasteiger partial charge is 0.327 e. The Bertz CT molecular complexity index is 237. The molecule has 0 saturated carbocycles. The third kappa shape index (κ3) is 4.95. The van der Waals surface area contributed by atoms with Gasteiger partial charge < -0.3 is 14.2 Å². The van der Waals surface area contributed by atoms with Gasteiger partial charge in [-0.1, -0.05) is 6.58 Å². The number of hydrogen-bond donors (Lipinski definition) is 1. The lowest BCUT2D eigenvalue weighted by Gasteiger charge is -2.13. The van der Waals surface area contributed by atoms with Gasteiger partial charge in [0.2, 0.25) is 0 Å². The Morgan fingerprint density at radius 3 is 2.69 bits per heavy atom. The van der Waals surface area contributed by atoms with Crippen LogP contribution in [0.15, 0.2) is 12.7 Å². The molecule has 0 radical (unpaired) electrons. The Morgan fingerprint density at radius 1 is 1.77 bits per heavy atom. The Balaban J connectivity index is 3.96. The Kier molecular flexibility index (Phi) is 5.10. The van der Waals surface area contributed by atoms with Crippen molar-refractivity contribution in [3.63, 3.8) is 0 Å². The topological polar surface area (TPSA) is 72.8 Å². The molecular formula is C7H13O5P. The van der Waals surface area contributed by atoms with Gasteiger partial charge in [0, 0.05) is 13.8 Å². The summed E-state index contributed by atoms with van der Waals surface area (Å²) < 4.78 is 20.3. The van der Waals surface area contributed by atoms with E-state index in [1.165, 1.54) is 13.8 Å². The average molecular weight is 208 g/mol. The van der Waals surface area contributed by atoms with Crippen molar-refractivity contribution in [1.29, 1.82) is 0 Å². The minimum Gasteiger partial charge on any atom is -0.382 e. The fraction of sp³-hybridized carbons (Fsp3) is 0.571. The van der Waals surface area contributed by atoms with E-state index < -0.39 is 19.5 Å². The van der Waals surface area contributed by atoms with Crippen LogP contribution in [0.1, 0.15) is 0 Å². The van der Waals surface area contributed by atoms with Crippen molar-refractivity contribution in [3.8, 4) is 0 Å². The lowest BCUT2D eigenvalue weighted by Crippen LogP contribution is -2.23. The monoisotopic (exact) mass is 208 g/mol. The summed E-state index contributed by atoms with van der Waals surface area (Å²) in [5, 5.41) is 9.05. The van der Waals surface area contributed by atoms with Crippen molar-refractivity contribution < 1.29 is 23.5 Å². The first-order valence-electron chi connectivity index (χ1n) is 3.55. The predicted molar refractivity (Wildman–Crippen MR) is 47.7 cm³/mol. The van der Waals surface area contributed by atoms with Crippen molar-refractivity contribution in [1.82, 2.24) is 0 Å². The van der Waals surface area contributed by atoms with Crippen LogP contribution in [0.25, 0.3) is 0 Å². The molecule has 0 aromatic carbocycles. The number of ketones is 1. The van der Waals surface area contributed by atoms with Crippen molar-refractivity contribution in [2.24, 2.45) is 0 Å². The number of carbonyl (C=O) groups is 1. The molecule has 2 atom stereocenters. The van der Waals surface area contributed by atoms with Crippen LogP contribution in [0.4, 0.5) is 0 Å². The molecule has 0 aromatic heterocycles. The van der Waals surface area contributed by atoms with Crippen LogP contribution < -0.4 is 0 Å². The zero-order valence-electron chi connectivity index (χ0n) is 7.60. The van der Waals surface area contributed by atoms with Gasteiger partial charge >= 0.3 is 7.60 Å². The van der Waals surface area contributed by atoms with Gasteiger partial charge in [-0.15, -0.1) is 0 Å². The van der Waals surface area contributed by atoms with E-state index in [1.54, 1.807) is 0 Å². The fourth-order valence-electron chi connectivity index (χ4n) is 0.477. The summed E-state index contributed by atoms with van der Waals surface area (Å²) in [6.07, 6.45) is -0.359. The maximum atomic E-state index is 11.1. The van der Waals surface area contributed by atoms with Crippen LogP contribution >= 0.6 is 7.60 Å². The molecule has 0 amide bonds. The van der Waals surface area contributed by atoms with Crippen molar-refractivity contribution >= 4 is 13.4 Å². The first-order chi connectivity index (χ1) is 5.93. The van der Waals surface area contributed by atoms with E-state index in [1.807, 2.05) is 0 Å². The summed E-state index contributed by atoms with van der Waals surface area (Å²) in [5.41, 5.74) is 0. The molecule has 6 heteroatoms.